The monoisotopic (exact) mass is 318 g/mol. The molecule has 24 heavy (non-hydrogen) atoms. The molecule has 1 aromatic carbocycles. The third-order valence-corrected chi connectivity index (χ3v) is 3.78. The van der Waals surface area contributed by atoms with Crippen LogP contribution in [0, 0.1) is 0 Å². The summed E-state index contributed by atoms with van der Waals surface area (Å²) < 4.78 is 0. The van der Waals surface area contributed by atoms with E-state index in [9.17, 15) is 9.59 Å². The Balaban J connectivity index is 1.55. The van der Waals surface area contributed by atoms with E-state index in [2.05, 4.69) is 10.6 Å². The summed E-state index contributed by atoms with van der Waals surface area (Å²) >= 11 is 0. The molecule has 0 fully saturated rings. The molecule has 0 unspecified atom stereocenters. The van der Waals surface area contributed by atoms with Gasteiger partial charge >= 0.3 is 0 Å². The van der Waals surface area contributed by atoms with Crippen molar-refractivity contribution in [1.29, 1.82) is 0 Å². The molecule has 3 rings (SSSR count). The summed E-state index contributed by atoms with van der Waals surface area (Å²) in [5.74, 6) is -0.459. The van der Waals surface area contributed by atoms with Crippen molar-refractivity contribution in [3.05, 3.63) is 83.9 Å². The van der Waals surface area contributed by atoms with Gasteiger partial charge in [0.2, 0.25) is 5.91 Å². The number of rotatable bonds is 5. The van der Waals surface area contributed by atoms with Gasteiger partial charge in [-0.3, -0.25) is 9.59 Å². The Hall–Kier alpha value is -3.14. The van der Waals surface area contributed by atoms with Crippen molar-refractivity contribution in [2.24, 2.45) is 0 Å². The first kappa shape index (κ1) is 15.7. The van der Waals surface area contributed by atoms with Crippen LogP contribution in [0.3, 0.4) is 0 Å². The molecule has 2 aliphatic rings. The normalized spacial score (nSPS) is 10.3. The largest absolute Gasteiger partial charge is 0.350 e. The van der Waals surface area contributed by atoms with E-state index in [1.54, 1.807) is 6.07 Å². The molecule has 2 N–H and O–H groups in total. The molecule has 0 spiro atoms. The summed E-state index contributed by atoms with van der Waals surface area (Å²) in [5.41, 5.74) is 3.48. The molecule has 1 aromatic rings. The number of nitrogens with one attached hydrogen (secondary N) is 2. The SMILES string of the molecule is O=C(CNC(=O)c1ccc2cccccc1-2)NCc1ccccc1. The lowest BCUT2D eigenvalue weighted by atomic mass is 10.1. The molecule has 0 atom stereocenters. The van der Waals surface area contributed by atoms with E-state index in [0.717, 1.165) is 16.7 Å². The molecule has 0 saturated heterocycles. The van der Waals surface area contributed by atoms with Crippen molar-refractivity contribution >= 4 is 11.8 Å². The quantitative estimate of drug-likeness (QED) is 0.760. The fourth-order valence-electron chi connectivity index (χ4n) is 2.53. The van der Waals surface area contributed by atoms with Gasteiger partial charge in [-0.25, -0.2) is 0 Å². The first-order valence-corrected chi connectivity index (χ1v) is 7.80. The fourth-order valence-corrected chi connectivity index (χ4v) is 2.53. The van der Waals surface area contributed by atoms with Crippen molar-refractivity contribution in [1.82, 2.24) is 10.6 Å². The van der Waals surface area contributed by atoms with Gasteiger partial charge in [0.1, 0.15) is 0 Å². The minimum atomic E-state index is -0.244. The van der Waals surface area contributed by atoms with E-state index in [4.69, 9.17) is 0 Å². The van der Waals surface area contributed by atoms with Gasteiger partial charge < -0.3 is 10.6 Å². The predicted octanol–water partition coefficient (Wildman–Crippen LogP) is 2.84. The zero-order valence-electron chi connectivity index (χ0n) is 13.2. The van der Waals surface area contributed by atoms with Gasteiger partial charge in [0, 0.05) is 12.1 Å². The highest BCUT2D eigenvalue weighted by atomic mass is 16.2. The van der Waals surface area contributed by atoms with Gasteiger partial charge in [-0.2, -0.15) is 0 Å². The molecular weight excluding hydrogens is 300 g/mol. The number of hydrogen-bond donors (Lipinski definition) is 2. The summed E-state index contributed by atoms with van der Waals surface area (Å²) in [6.45, 7) is 0.405. The summed E-state index contributed by atoms with van der Waals surface area (Å²) in [7, 11) is 0. The highest BCUT2D eigenvalue weighted by molar-refractivity contribution is 6.03. The maximum Gasteiger partial charge on any atom is 0.252 e. The minimum Gasteiger partial charge on any atom is -0.350 e. The molecule has 0 aromatic heterocycles. The van der Waals surface area contributed by atoms with Gasteiger partial charge in [-0.1, -0.05) is 66.7 Å². The molecular formula is C20H18N2O2. The van der Waals surface area contributed by atoms with Gasteiger partial charge in [0.15, 0.2) is 0 Å². The van der Waals surface area contributed by atoms with Crippen LogP contribution < -0.4 is 10.6 Å². The van der Waals surface area contributed by atoms with Crippen molar-refractivity contribution in [2.45, 2.75) is 6.54 Å². The van der Waals surface area contributed by atoms with Crippen molar-refractivity contribution in [2.75, 3.05) is 6.54 Å². The first-order valence-electron chi connectivity index (χ1n) is 7.80. The van der Waals surface area contributed by atoms with Crippen molar-refractivity contribution < 1.29 is 9.59 Å². The average molecular weight is 318 g/mol. The topological polar surface area (TPSA) is 58.2 Å². The fraction of sp³-hybridized carbons (Fsp3) is 0.100. The zero-order chi connectivity index (χ0) is 16.8. The number of hydrogen-bond acceptors (Lipinski definition) is 2. The van der Waals surface area contributed by atoms with Crippen LogP contribution in [-0.2, 0) is 11.3 Å². The first-order chi connectivity index (χ1) is 11.7. The molecule has 0 radical (unpaired) electrons. The summed E-state index contributed by atoms with van der Waals surface area (Å²) in [4.78, 5) is 24.2. The lowest BCUT2D eigenvalue weighted by Gasteiger charge is -2.07. The molecule has 2 aliphatic carbocycles. The van der Waals surface area contributed by atoms with Crippen molar-refractivity contribution in [3.8, 4) is 11.1 Å². The molecule has 4 heteroatoms. The number of carbonyl (C=O) groups is 2. The Morgan fingerprint density at radius 2 is 1.46 bits per heavy atom. The van der Waals surface area contributed by atoms with E-state index < -0.39 is 0 Å². The number of carbonyl (C=O) groups excluding carboxylic acids is 2. The minimum absolute atomic E-state index is 0.0443. The van der Waals surface area contributed by atoms with Crippen molar-refractivity contribution in [3.63, 3.8) is 0 Å². The van der Waals surface area contributed by atoms with Crippen LogP contribution in [0.4, 0.5) is 0 Å². The average Bonchev–Trinajstić information content (AvgIpc) is 2.87. The molecule has 0 bridgehead atoms. The Bertz CT molecular complexity index is 815. The molecule has 2 amide bonds. The Morgan fingerprint density at radius 1 is 0.750 bits per heavy atom. The van der Waals surface area contributed by atoms with Crippen LogP contribution in [0.1, 0.15) is 15.9 Å². The second-order valence-electron chi connectivity index (χ2n) is 5.47. The summed E-state index contributed by atoms with van der Waals surface area (Å²) in [6.07, 6.45) is 0. The highest BCUT2D eigenvalue weighted by Gasteiger charge is 2.15. The highest BCUT2D eigenvalue weighted by Crippen LogP contribution is 2.26. The number of amides is 2. The van der Waals surface area contributed by atoms with Crippen LogP contribution in [0.2, 0.25) is 0 Å². The maximum atomic E-state index is 12.3. The molecule has 0 heterocycles. The summed E-state index contributed by atoms with van der Waals surface area (Å²) in [5, 5.41) is 5.46. The standard InChI is InChI=1S/C20H18N2O2/c23-19(21-13-15-7-3-1-4-8-15)14-22-20(24)18-12-11-16-9-5-2-6-10-17(16)18/h1-12H,13-14H2,(H,21,23)(H,22,24). The van der Waals surface area contributed by atoms with E-state index in [-0.39, 0.29) is 18.4 Å². The Labute approximate surface area is 140 Å². The van der Waals surface area contributed by atoms with Crippen LogP contribution in [0.15, 0.2) is 72.8 Å². The molecule has 0 aliphatic heterocycles. The zero-order valence-corrected chi connectivity index (χ0v) is 13.2. The smallest absolute Gasteiger partial charge is 0.252 e. The summed E-state index contributed by atoms with van der Waals surface area (Å²) in [6, 6.07) is 22.9. The molecule has 120 valence electrons. The maximum absolute atomic E-state index is 12.3. The third-order valence-electron chi connectivity index (χ3n) is 3.78. The Kier molecular flexibility index (Phi) is 4.87. The van der Waals surface area contributed by atoms with E-state index >= 15 is 0 Å². The van der Waals surface area contributed by atoms with E-state index in [1.807, 2.05) is 66.7 Å². The predicted molar refractivity (Wildman–Crippen MR) is 93.7 cm³/mol. The van der Waals surface area contributed by atoms with Gasteiger partial charge in [0.25, 0.3) is 5.91 Å². The third kappa shape index (κ3) is 3.79. The van der Waals surface area contributed by atoms with Crippen LogP contribution in [-0.4, -0.2) is 18.4 Å². The second-order valence-corrected chi connectivity index (χ2v) is 5.47. The molecule has 0 saturated carbocycles. The lowest BCUT2D eigenvalue weighted by molar-refractivity contribution is -0.120. The lowest BCUT2D eigenvalue weighted by Crippen LogP contribution is -2.36. The van der Waals surface area contributed by atoms with Gasteiger partial charge in [-0.15, -0.1) is 0 Å². The second kappa shape index (κ2) is 7.42. The van der Waals surface area contributed by atoms with Gasteiger partial charge in [0.05, 0.1) is 6.54 Å². The van der Waals surface area contributed by atoms with Gasteiger partial charge in [-0.05, 0) is 22.8 Å². The van der Waals surface area contributed by atoms with Crippen LogP contribution in [0.5, 0.6) is 0 Å². The number of fused-ring (bicyclic) bond motifs is 1. The van der Waals surface area contributed by atoms with E-state index in [0.29, 0.717) is 12.1 Å². The van der Waals surface area contributed by atoms with E-state index in [1.165, 1.54) is 0 Å². The Morgan fingerprint density at radius 3 is 2.25 bits per heavy atom. The molecule has 4 nitrogen and oxygen atoms in total. The number of benzene rings is 1. The van der Waals surface area contributed by atoms with Crippen LogP contribution >= 0.6 is 0 Å². The van der Waals surface area contributed by atoms with Crippen LogP contribution in [0.25, 0.3) is 11.1 Å².